The van der Waals surface area contributed by atoms with E-state index in [1.165, 1.54) is 20.3 Å². The first-order chi connectivity index (χ1) is 12.3. The van der Waals surface area contributed by atoms with Crippen molar-refractivity contribution in [1.29, 1.82) is 0 Å². The molecule has 0 aromatic rings. The first-order valence-corrected chi connectivity index (χ1v) is 9.56. The molecule has 6 atom stereocenters. The van der Waals surface area contributed by atoms with Gasteiger partial charge in [0, 0.05) is 13.8 Å². The van der Waals surface area contributed by atoms with Crippen LogP contribution in [-0.2, 0) is 28.5 Å². The van der Waals surface area contributed by atoms with Gasteiger partial charge in [-0.15, -0.1) is 0 Å². The van der Waals surface area contributed by atoms with E-state index in [1.807, 2.05) is 0 Å². The maximum Gasteiger partial charge on any atom is 0.303 e. The van der Waals surface area contributed by atoms with E-state index in [1.54, 1.807) is 12.2 Å². The molecule has 0 aromatic carbocycles. The van der Waals surface area contributed by atoms with Gasteiger partial charge in [0.25, 0.3) is 0 Å². The largest absolute Gasteiger partial charge is 0.463 e. The van der Waals surface area contributed by atoms with E-state index in [2.05, 4.69) is 20.8 Å². The van der Waals surface area contributed by atoms with Gasteiger partial charge in [-0.2, -0.15) is 0 Å². The van der Waals surface area contributed by atoms with Crippen molar-refractivity contribution in [2.75, 3.05) is 6.61 Å². The fraction of sp³-hybridized carbons (Fsp3) is 0.800. The van der Waals surface area contributed by atoms with Crippen molar-refractivity contribution in [1.82, 2.24) is 0 Å². The average molecular weight is 368 g/mol. The molecule has 6 heteroatoms. The second-order valence-corrected chi connectivity index (χ2v) is 7.77. The number of hydrogen-bond donors (Lipinski definition) is 0. The molecule has 1 unspecified atom stereocenters. The first kappa shape index (κ1) is 20.9. The Morgan fingerprint density at radius 2 is 1.88 bits per heavy atom. The molecule has 0 spiro atoms. The number of rotatable bonds is 6. The third-order valence-corrected chi connectivity index (χ3v) is 5.30. The molecule has 1 saturated carbocycles. The van der Waals surface area contributed by atoms with Gasteiger partial charge in [-0.1, -0.05) is 20.8 Å². The second-order valence-electron chi connectivity index (χ2n) is 7.77. The number of ether oxygens (including phenoxy) is 4. The SMILES string of the molecule is CC(=O)OCC1O[C@H](O[C@H]2C[C@H](C(C)C)CC[C@H]2C)C=C[C@@H]1OC(C)=O. The zero-order valence-corrected chi connectivity index (χ0v) is 16.5. The van der Waals surface area contributed by atoms with Gasteiger partial charge in [0.2, 0.25) is 0 Å². The topological polar surface area (TPSA) is 71.1 Å². The van der Waals surface area contributed by atoms with Crippen LogP contribution in [0.2, 0.25) is 0 Å². The summed E-state index contributed by atoms with van der Waals surface area (Å²) in [4.78, 5) is 22.4. The number of carbonyl (C=O) groups excluding carboxylic acids is 2. The lowest BCUT2D eigenvalue weighted by Gasteiger charge is -2.39. The second kappa shape index (κ2) is 9.51. The Bertz CT molecular complexity index is 514. The molecular weight excluding hydrogens is 336 g/mol. The van der Waals surface area contributed by atoms with Gasteiger partial charge in [-0.25, -0.2) is 0 Å². The minimum atomic E-state index is -0.584. The average Bonchev–Trinajstić information content (AvgIpc) is 2.56. The Hall–Kier alpha value is -1.40. The van der Waals surface area contributed by atoms with E-state index < -0.39 is 30.4 Å². The fourth-order valence-electron chi connectivity index (χ4n) is 3.62. The summed E-state index contributed by atoms with van der Waals surface area (Å²) in [5.41, 5.74) is 0. The third kappa shape index (κ3) is 6.09. The highest BCUT2D eigenvalue weighted by Gasteiger charge is 2.35. The van der Waals surface area contributed by atoms with Crippen molar-refractivity contribution in [3.8, 4) is 0 Å². The molecule has 1 heterocycles. The number of carbonyl (C=O) groups is 2. The maximum atomic E-state index is 11.3. The number of esters is 2. The van der Waals surface area contributed by atoms with Crippen LogP contribution in [0.5, 0.6) is 0 Å². The van der Waals surface area contributed by atoms with E-state index >= 15 is 0 Å². The molecule has 0 N–H and O–H groups in total. The van der Waals surface area contributed by atoms with Crippen LogP contribution in [0.3, 0.4) is 0 Å². The van der Waals surface area contributed by atoms with Crippen LogP contribution in [0.4, 0.5) is 0 Å². The van der Waals surface area contributed by atoms with Crippen LogP contribution in [0.25, 0.3) is 0 Å². The minimum absolute atomic E-state index is 0.0202. The van der Waals surface area contributed by atoms with E-state index in [9.17, 15) is 9.59 Å². The Kier molecular flexibility index (Phi) is 7.65. The molecule has 6 nitrogen and oxygen atoms in total. The van der Waals surface area contributed by atoms with Gasteiger partial charge >= 0.3 is 11.9 Å². The minimum Gasteiger partial charge on any atom is -0.463 e. The number of hydrogen-bond acceptors (Lipinski definition) is 6. The molecule has 1 fully saturated rings. The summed E-state index contributed by atoms with van der Waals surface area (Å²) in [5.74, 6) is 0.968. The van der Waals surface area contributed by atoms with Gasteiger partial charge in [-0.05, 0) is 49.2 Å². The Balaban J connectivity index is 2.00. The fourth-order valence-corrected chi connectivity index (χ4v) is 3.62. The molecule has 2 aliphatic rings. The van der Waals surface area contributed by atoms with Crippen LogP contribution in [0.1, 0.15) is 53.9 Å². The van der Waals surface area contributed by atoms with Crippen LogP contribution < -0.4 is 0 Å². The summed E-state index contributed by atoms with van der Waals surface area (Å²) in [5, 5.41) is 0. The molecule has 1 aliphatic carbocycles. The van der Waals surface area contributed by atoms with Gasteiger partial charge in [0.1, 0.15) is 18.8 Å². The van der Waals surface area contributed by atoms with Crippen LogP contribution in [0, 0.1) is 17.8 Å². The smallest absolute Gasteiger partial charge is 0.303 e. The van der Waals surface area contributed by atoms with E-state index in [4.69, 9.17) is 18.9 Å². The molecule has 0 bridgehead atoms. The summed E-state index contributed by atoms with van der Waals surface area (Å²) < 4.78 is 22.5. The van der Waals surface area contributed by atoms with Crippen molar-refractivity contribution in [2.45, 2.75) is 78.5 Å². The van der Waals surface area contributed by atoms with E-state index in [0.717, 1.165) is 12.8 Å². The Labute approximate surface area is 156 Å². The third-order valence-electron chi connectivity index (χ3n) is 5.30. The van der Waals surface area contributed by atoms with Crippen molar-refractivity contribution in [2.24, 2.45) is 17.8 Å². The Morgan fingerprint density at radius 3 is 2.50 bits per heavy atom. The predicted octanol–water partition coefficient (Wildman–Crippen LogP) is 3.24. The summed E-state index contributed by atoms with van der Waals surface area (Å²) in [6.07, 6.45) is 5.40. The van der Waals surface area contributed by atoms with Gasteiger partial charge in [0.15, 0.2) is 6.29 Å². The lowest BCUT2D eigenvalue weighted by Crippen LogP contribution is -2.44. The summed E-state index contributed by atoms with van der Waals surface area (Å²) in [6, 6.07) is 0. The molecule has 0 aromatic heterocycles. The standard InChI is InChI=1S/C20H32O6/c1-12(2)16-7-6-13(3)18(10-16)25-20-9-8-17(24-15(5)22)19(26-20)11-23-14(4)21/h8-9,12-13,16-20H,6-7,10-11H2,1-5H3/t13-,16-,17+,18+,19?,20+/m1/s1. The molecule has 26 heavy (non-hydrogen) atoms. The van der Waals surface area contributed by atoms with Crippen LogP contribution in [0.15, 0.2) is 12.2 Å². The quantitative estimate of drug-likeness (QED) is 0.529. The normalized spacial score (nSPS) is 34.5. The van der Waals surface area contributed by atoms with E-state index in [0.29, 0.717) is 17.8 Å². The van der Waals surface area contributed by atoms with Crippen molar-refractivity contribution in [3.05, 3.63) is 12.2 Å². The monoisotopic (exact) mass is 368 g/mol. The zero-order valence-electron chi connectivity index (χ0n) is 16.5. The summed E-state index contributed by atoms with van der Waals surface area (Å²) in [6.45, 7) is 9.43. The molecule has 148 valence electrons. The van der Waals surface area contributed by atoms with Crippen molar-refractivity contribution < 1.29 is 28.5 Å². The highest BCUT2D eigenvalue weighted by molar-refractivity contribution is 5.66. The van der Waals surface area contributed by atoms with Gasteiger partial charge in [0.05, 0.1) is 6.10 Å². The summed E-state index contributed by atoms with van der Waals surface area (Å²) >= 11 is 0. The van der Waals surface area contributed by atoms with E-state index in [-0.39, 0.29) is 12.7 Å². The van der Waals surface area contributed by atoms with Crippen LogP contribution in [-0.4, -0.2) is 43.1 Å². The lowest BCUT2D eigenvalue weighted by molar-refractivity contribution is -0.220. The highest BCUT2D eigenvalue weighted by atomic mass is 16.7. The highest BCUT2D eigenvalue weighted by Crippen LogP contribution is 2.36. The van der Waals surface area contributed by atoms with Gasteiger partial charge < -0.3 is 18.9 Å². The Morgan fingerprint density at radius 1 is 1.15 bits per heavy atom. The lowest BCUT2D eigenvalue weighted by atomic mass is 9.76. The predicted molar refractivity (Wildman–Crippen MR) is 96.2 cm³/mol. The first-order valence-electron chi connectivity index (χ1n) is 9.56. The van der Waals surface area contributed by atoms with Gasteiger partial charge in [-0.3, -0.25) is 9.59 Å². The molecule has 1 aliphatic heterocycles. The maximum absolute atomic E-state index is 11.3. The van der Waals surface area contributed by atoms with Crippen molar-refractivity contribution >= 4 is 11.9 Å². The molecule has 0 saturated heterocycles. The molecule has 0 radical (unpaired) electrons. The van der Waals surface area contributed by atoms with Crippen molar-refractivity contribution in [3.63, 3.8) is 0 Å². The van der Waals surface area contributed by atoms with Crippen LogP contribution >= 0.6 is 0 Å². The molecular formula is C20H32O6. The zero-order chi connectivity index (χ0) is 19.3. The summed E-state index contributed by atoms with van der Waals surface area (Å²) in [7, 11) is 0. The molecule has 0 amide bonds. The molecule has 2 rings (SSSR count).